The molecule has 0 aliphatic carbocycles. The maximum absolute atomic E-state index is 10.4. The van der Waals surface area contributed by atoms with Gasteiger partial charge in [-0.15, -0.1) is 0 Å². The van der Waals surface area contributed by atoms with Gasteiger partial charge < -0.3 is 9.84 Å². The lowest BCUT2D eigenvalue weighted by Gasteiger charge is -2.16. The van der Waals surface area contributed by atoms with Crippen LogP contribution in [0.4, 0.5) is 0 Å². The zero-order valence-corrected chi connectivity index (χ0v) is 13.0. The lowest BCUT2D eigenvalue weighted by molar-refractivity contribution is -0.131. The van der Waals surface area contributed by atoms with Crippen LogP contribution in [0.1, 0.15) is 22.3 Å². The predicted octanol–water partition coefficient (Wildman–Crippen LogP) is 4.04. The average Bonchev–Trinajstić information content (AvgIpc) is 2.37. The molecule has 0 aromatic heterocycles. The molecule has 19 heavy (non-hydrogen) atoms. The number of halogens is 1. The Kier molecular flexibility index (Phi) is 5.36. The number of hydrogen-bond donors (Lipinski definition) is 1. The minimum atomic E-state index is -0.963. The smallest absolute Gasteiger partial charge is 0.328 e. The Bertz CT molecular complexity index is 557. The van der Waals surface area contributed by atoms with Gasteiger partial charge in [-0.2, -0.15) is 0 Å². The summed E-state index contributed by atoms with van der Waals surface area (Å²) in [7, 11) is 1.64. The monoisotopic (exact) mass is 324 g/mol. The molecule has 0 spiro atoms. The Balaban J connectivity index is 3.30. The Hall–Kier alpha value is -1.55. The van der Waals surface area contributed by atoms with Gasteiger partial charge in [0.05, 0.1) is 7.11 Å². The maximum Gasteiger partial charge on any atom is 0.328 e. The van der Waals surface area contributed by atoms with E-state index in [9.17, 15) is 4.79 Å². The van der Waals surface area contributed by atoms with Crippen molar-refractivity contribution in [3.63, 3.8) is 0 Å². The highest BCUT2D eigenvalue weighted by molar-refractivity contribution is 9.10. The molecule has 0 unspecified atom stereocenters. The number of carbonyl (C=O) groups is 1. The van der Waals surface area contributed by atoms with Crippen molar-refractivity contribution < 1.29 is 14.6 Å². The number of aliphatic carboxylic acids is 1. The number of rotatable bonds is 4. The minimum absolute atomic E-state index is 0.818. The van der Waals surface area contributed by atoms with Crippen LogP contribution in [0, 0.1) is 20.8 Å². The highest BCUT2D eigenvalue weighted by Gasteiger charge is 2.14. The number of carboxylic acid groups (broad SMARTS) is 1. The number of allylic oxidation sites excluding steroid dienone is 2. The predicted molar refractivity (Wildman–Crippen MR) is 80.7 cm³/mol. The highest BCUT2D eigenvalue weighted by atomic mass is 79.9. The van der Waals surface area contributed by atoms with Gasteiger partial charge in [0, 0.05) is 16.1 Å². The van der Waals surface area contributed by atoms with E-state index < -0.39 is 5.97 Å². The second-order valence-electron chi connectivity index (χ2n) is 4.19. The number of methoxy groups -OCH3 is 1. The van der Waals surface area contributed by atoms with E-state index in [4.69, 9.17) is 9.84 Å². The summed E-state index contributed by atoms with van der Waals surface area (Å²) in [6.07, 6.45) is 6.13. The summed E-state index contributed by atoms with van der Waals surface area (Å²) < 4.78 is 6.51. The first-order valence-electron chi connectivity index (χ1n) is 5.81. The molecule has 0 saturated carbocycles. The largest absolute Gasteiger partial charge is 0.496 e. The average molecular weight is 325 g/mol. The highest BCUT2D eigenvalue weighted by Crippen LogP contribution is 2.36. The molecule has 0 aliphatic heterocycles. The zero-order chi connectivity index (χ0) is 14.6. The fourth-order valence-electron chi connectivity index (χ4n) is 1.86. The van der Waals surface area contributed by atoms with Crippen LogP contribution in [0.3, 0.4) is 0 Å². The van der Waals surface area contributed by atoms with E-state index in [2.05, 4.69) is 15.9 Å². The molecule has 1 aromatic carbocycles. The summed E-state index contributed by atoms with van der Waals surface area (Å²) >= 11 is 3.57. The SMILES string of the molecule is COc1c(C)c(C)c(Br)c(C)c1/C=C/C=C/C(=O)O. The normalized spacial score (nSPS) is 11.4. The number of carboxylic acids is 1. The topological polar surface area (TPSA) is 46.5 Å². The first kappa shape index (κ1) is 15.5. The summed E-state index contributed by atoms with van der Waals surface area (Å²) in [5.74, 6) is -0.146. The molecular formula is C15H17BrO3. The van der Waals surface area contributed by atoms with Crippen LogP contribution in [0.25, 0.3) is 6.08 Å². The lowest BCUT2D eigenvalue weighted by atomic mass is 9.98. The van der Waals surface area contributed by atoms with Gasteiger partial charge in [0.15, 0.2) is 0 Å². The van der Waals surface area contributed by atoms with Gasteiger partial charge >= 0.3 is 5.97 Å². The van der Waals surface area contributed by atoms with E-state index in [1.807, 2.05) is 26.8 Å². The van der Waals surface area contributed by atoms with Gasteiger partial charge in [-0.1, -0.05) is 34.2 Å². The van der Waals surface area contributed by atoms with Gasteiger partial charge in [0.1, 0.15) is 5.75 Å². The van der Waals surface area contributed by atoms with Crippen molar-refractivity contribution in [3.05, 3.63) is 45.0 Å². The molecule has 0 aliphatic rings. The Morgan fingerprint density at radius 3 is 2.32 bits per heavy atom. The molecule has 0 saturated heterocycles. The van der Waals surface area contributed by atoms with Crippen molar-refractivity contribution in [1.29, 1.82) is 0 Å². The van der Waals surface area contributed by atoms with Crippen molar-refractivity contribution >= 4 is 28.0 Å². The molecule has 0 radical (unpaired) electrons. The van der Waals surface area contributed by atoms with E-state index >= 15 is 0 Å². The molecule has 1 N–H and O–H groups in total. The molecule has 0 bridgehead atoms. The third kappa shape index (κ3) is 3.47. The van der Waals surface area contributed by atoms with Gasteiger partial charge in [-0.25, -0.2) is 4.79 Å². The van der Waals surface area contributed by atoms with Crippen LogP contribution < -0.4 is 4.74 Å². The van der Waals surface area contributed by atoms with Crippen LogP contribution >= 0.6 is 15.9 Å². The third-order valence-corrected chi connectivity index (χ3v) is 4.22. The van der Waals surface area contributed by atoms with Crippen LogP contribution in [0.2, 0.25) is 0 Å². The summed E-state index contributed by atoms with van der Waals surface area (Å²) in [4.78, 5) is 10.4. The molecule has 0 heterocycles. The number of hydrogen-bond acceptors (Lipinski definition) is 2. The van der Waals surface area contributed by atoms with Crippen LogP contribution in [0.15, 0.2) is 22.7 Å². The number of benzene rings is 1. The quantitative estimate of drug-likeness (QED) is 0.671. The molecule has 0 atom stereocenters. The van der Waals surface area contributed by atoms with E-state index in [0.29, 0.717) is 0 Å². The molecule has 1 aromatic rings. The van der Waals surface area contributed by atoms with Crippen molar-refractivity contribution in [1.82, 2.24) is 0 Å². The van der Waals surface area contributed by atoms with E-state index in [1.54, 1.807) is 13.2 Å². The fraction of sp³-hybridized carbons (Fsp3) is 0.267. The molecule has 1 rings (SSSR count). The minimum Gasteiger partial charge on any atom is -0.496 e. The van der Waals surface area contributed by atoms with Crippen molar-refractivity contribution in [2.45, 2.75) is 20.8 Å². The molecular weight excluding hydrogens is 308 g/mol. The van der Waals surface area contributed by atoms with Gasteiger partial charge in [-0.3, -0.25) is 0 Å². The molecule has 102 valence electrons. The molecule has 4 heteroatoms. The Labute approximate surface area is 121 Å². The first-order valence-corrected chi connectivity index (χ1v) is 6.60. The summed E-state index contributed by atoms with van der Waals surface area (Å²) in [5.41, 5.74) is 4.24. The zero-order valence-electron chi connectivity index (χ0n) is 11.5. The van der Waals surface area contributed by atoms with E-state index in [-0.39, 0.29) is 0 Å². The van der Waals surface area contributed by atoms with Crippen molar-refractivity contribution in [3.8, 4) is 5.75 Å². The fourth-order valence-corrected chi connectivity index (χ4v) is 2.37. The second-order valence-corrected chi connectivity index (χ2v) is 4.99. The van der Waals surface area contributed by atoms with Gasteiger partial charge in [0.2, 0.25) is 0 Å². The summed E-state index contributed by atoms with van der Waals surface area (Å²) in [6.45, 7) is 6.04. The maximum atomic E-state index is 10.4. The van der Waals surface area contributed by atoms with Crippen molar-refractivity contribution in [2.75, 3.05) is 7.11 Å². The second kappa shape index (κ2) is 6.57. The third-order valence-electron chi connectivity index (χ3n) is 3.03. The Morgan fingerprint density at radius 2 is 1.79 bits per heavy atom. The van der Waals surface area contributed by atoms with E-state index in [1.165, 1.54) is 6.08 Å². The molecule has 0 amide bonds. The number of ether oxygens (including phenoxy) is 1. The van der Waals surface area contributed by atoms with E-state index in [0.717, 1.165) is 38.6 Å². The van der Waals surface area contributed by atoms with Gasteiger partial charge in [0.25, 0.3) is 0 Å². The van der Waals surface area contributed by atoms with Crippen molar-refractivity contribution in [2.24, 2.45) is 0 Å². The van der Waals surface area contributed by atoms with Crippen LogP contribution in [-0.2, 0) is 4.79 Å². The van der Waals surface area contributed by atoms with Crippen LogP contribution in [0.5, 0.6) is 5.75 Å². The molecule has 0 fully saturated rings. The standard InChI is InChI=1S/C15H17BrO3/c1-9-10(2)15(19-4)12(11(3)14(9)16)7-5-6-8-13(17)18/h5-8H,1-4H3,(H,17,18)/b7-5+,8-6+. The Morgan fingerprint density at radius 1 is 1.16 bits per heavy atom. The lowest BCUT2D eigenvalue weighted by Crippen LogP contribution is -1.98. The van der Waals surface area contributed by atoms with Gasteiger partial charge in [-0.05, 0) is 37.5 Å². The summed E-state index contributed by atoms with van der Waals surface area (Å²) in [5, 5.41) is 8.54. The van der Waals surface area contributed by atoms with Crippen LogP contribution in [-0.4, -0.2) is 18.2 Å². The summed E-state index contributed by atoms with van der Waals surface area (Å²) in [6, 6.07) is 0. The first-order chi connectivity index (χ1) is 8.90. The molecule has 3 nitrogen and oxygen atoms in total.